The van der Waals surface area contributed by atoms with Crippen LogP contribution in [0.15, 0.2) is 18.3 Å². The van der Waals surface area contributed by atoms with Gasteiger partial charge in [0.1, 0.15) is 0 Å². The Bertz CT molecular complexity index is 450. The summed E-state index contributed by atoms with van der Waals surface area (Å²) in [7, 11) is 1.61. The third kappa shape index (κ3) is 3.62. The third-order valence-electron chi connectivity index (χ3n) is 3.62. The Morgan fingerprint density at radius 3 is 3.10 bits per heavy atom. The Kier molecular flexibility index (Phi) is 5.21. The maximum Gasteiger partial charge on any atom is 0.308 e. The molecule has 0 saturated heterocycles. The second-order valence-corrected chi connectivity index (χ2v) is 5.02. The van der Waals surface area contributed by atoms with Gasteiger partial charge < -0.3 is 14.8 Å². The van der Waals surface area contributed by atoms with Crippen molar-refractivity contribution >= 4 is 11.7 Å². The number of methoxy groups -OCH3 is 1. The molecule has 1 saturated carbocycles. The normalized spacial score (nSPS) is 22.1. The molecule has 5 nitrogen and oxygen atoms in total. The van der Waals surface area contributed by atoms with E-state index in [0.717, 1.165) is 31.4 Å². The van der Waals surface area contributed by atoms with Gasteiger partial charge in [-0.3, -0.25) is 4.79 Å². The zero-order valence-corrected chi connectivity index (χ0v) is 12.1. The molecule has 0 aliphatic heterocycles. The van der Waals surface area contributed by atoms with Gasteiger partial charge in [0.15, 0.2) is 0 Å². The van der Waals surface area contributed by atoms with Crippen molar-refractivity contribution in [2.75, 3.05) is 19.0 Å². The zero-order valence-electron chi connectivity index (χ0n) is 12.1. The molecule has 0 amide bonds. The average Bonchev–Trinajstić information content (AvgIpc) is 2.48. The van der Waals surface area contributed by atoms with Crippen LogP contribution in [-0.2, 0) is 9.53 Å². The zero-order chi connectivity index (χ0) is 14.4. The number of carbonyl (C=O) groups excluding carboxylic acids is 1. The monoisotopic (exact) mass is 278 g/mol. The van der Waals surface area contributed by atoms with Crippen LogP contribution in [0.4, 0.5) is 5.69 Å². The van der Waals surface area contributed by atoms with Crippen LogP contribution in [0.1, 0.15) is 32.6 Å². The van der Waals surface area contributed by atoms with Crippen molar-refractivity contribution in [3.63, 3.8) is 0 Å². The number of hydrogen-bond acceptors (Lipinski definition) is 5. The first-order chi connectivity index (χ1) is 9.74. The molecule has 110 valence electrons. The smallest absolute Gasteiger partial charge is 0.308 e. The van der Waals surface area contributed by atoms with Gasteiger partial charge in [-0.15, -0.1) is 0 Å². The van der Waals surface area contributed by atoms with Gasteiger partial charge in [-0.05, 0) is 38.3 Å². The van der Waals surface area contributed by atoms with E-state index >= 15 is 0 Å². The van der Waals surface area contributed by atoms with E-state index < -0.39 is 0 Å². The van der Waals surface area contributed by atoms with Crippen LogP contribution in [0.5, 0.6) is 5.88 Å². The number of esters is 1. The average molecular weight is 278 g/mol. The van der Waals surface area contributed by atoms with E-state index in [0.29, 0.717) is 12.5 Å². The number of carbonyl (C=O) groups is 1. The third-order valence-corrected chi connectivity index (χ3v) is 3.62. The molecule has 1 N–H and O–H groups in total. The summed E-state index contributed by atoms with van der Waals surface area (Å²) in [6.07, 6.45) is 5.50. The van der Waals surface area contributed by atoms with Crippen molar-refractivity contribution in [1.82, 2.24) is 4.98 Å². The Morgan fingerprint density at radius 1 is 1.50 bits per heavy atom. The number of ether oxygens (including phenoxy) is 2. The lowest BCUT2D eigenvalue weighted by atomic mass is 9.85. The second kappa shape index (κ2) is 7.12. The minimum Gasteiger partial charge on any atom is -0.480 e. The number of nitrogens with zero attached hydrogens (tertiary/aromatic N) is 1. The van der Waals surface area contributed by atoms with Crippen molar-refractivity contribution in [2.24, 2.45) is 5.92 Å². The molecule has 0 radical (unpaired) electrons. The van der Waals surface area contributed by atoms with Crippen molar-refractivity contribution in [3.8, 4) is 5.88 Å². The number of pyridine rings is 1. The van der Waals surface area contributed by atoms with E-state index in [-0.39, 0.29) is 17.9 Å². The molecule has 1 aromatic rings. The van der Waals surface area contributed by atoms with E-state index in [4.69, 9.17) is 9.47 Å². The van der Waals surface area contributed by atoms with Crippen molar-refractivity contribution in [2.45, 2.75) is 38.6 Å². The lowest BCUT2D eigenvalue weighted by Crippen LogP contribution is -2.32. The number of aromatic nitrogens is 1. The molecule has 0 spiro atoms. The predicted molar refractivity (Wildman–Crippen MR) is 76.8 cm³/mol. The number of anilines is 1. The first kappa shape index (κ1) is 14.6. The Balaban J connectivity index is 1.97. The molecule has 1 fully saturated rings. The summed E-state index contributed by atoms with van der Waals surface area (Å²) in [6.45, 7) is 2.29. The quantitative estimate of drug-likeness (QED) is 0.839. The maximum absolute atomic E-state index is 11.8. The first-order valence-corrected chi connectivity index (χ1v) is 7.16. The molecule has 2 rings (SSSR count). The van der Waals surface area contributed by atoms with Crippen LogP contribution in [0.25, 0.3) is 0 Å². The molecule has 20 heavy (non-hydrogen) atoms. The number of nitrogens with one attached hydrogen (secondary N) is 1. The van der Waals surface area contributed by atoms with E-state index in [1.165, 1.54) is 0 Å². The fraction of sp³-hybridized carbons (Fsp3) is 0.600. The van der Waals surface area contributed by atoms with Gasteiger partial charge in [0.2, 0.25) is 5.88 Å². The summed E-state index contributed by atoms with van der Waals surface area (Å²) < 4.78 is 10.4. The molecule has 1 heterocycles. The Morgan fingerprint density at radius 2 is 2.35 bits per heavy atom. The predicted octanol–water partition coefficient (Wildman–Crippen LogP) is 2.62. The highest BCUT2D eigenvalue weighted by molar-refractivity contribution is 5.72. The second-order valence-electron chi connectivity index (χ2n) is 5.02. The first-order valence-electron chi connectivity index (χ1n) is 7.16. The topological polar surface area (TPSA) is 60.5 Å². The molecule has 0 aromatic carbocycles. The van der Waals surface area contributed by atoms with Gasteiger partial charge in [0.25, 0.3) is 0 Å². The van der Waals surface area contributed by atoms with Crippen LogP contribution in [0.3, 0.4) is 0 Å². The summed E-state index contributed by atoms with van der Waals surface area (Å²) in [5.41, 5.74) is 0.879. The van der Waals surface area contributed by atoms with Crippen LogP contribution in [-0.4, -0.2) is 30.7 Å². The highest BCUT2D eigenvalue weighted by atomic mass is 16.5. The lowest BCUT2D eigenvalue weighted by Gasteiger charge is -2.29. The molecular formula is C15H22N2O3. The summed E-state index contributed by atoms with van der Waals surface area (Å²) >= 11 is 0. The van der Waals surface area contributed by atoms with Crippen LogP contribution >= 0.6 is 0 Å². The standard InChI is InChI=1S/C15H22N2O3/c1-3-20-15(18)11-6-4-7-12(10-11)17-13-8-5-9-16-14(13)19-2/h5,8-9,11-12,17H,3-4,6-7,10H2,1-2H3. The SMILES string of the molecule is CCOC(=O)C1CCCC(Nc2cccnc2OC)C1. The Labute approximate surface area is 119 Å². The minimum atomic E-state index is -0.0721. The van der Waals surface area contributed by atoms with Gasteiger partial charge in [0, 0.05) is 12.2 Å². The molecule has 1 aliphatic rings. The number of hydrogen-bond donors (Lipinski definition) is 1. The molecule has 0 bridgehead atoms. The van der Waals surface area contributed by atoms with Crippen LogP contribution < -0.4 is 10.1 Å². The largest absolute Gasteiger partial charge is 0.480 e. The summed E-state index contributed by atoms with van der Waals surface area (Å²) in [5.74, 6) is 0.520. The lowest BCUT2D eigenvalue weighted by molar-refractivity contribution is -0.149. The fourth-order valence-electron chi connectivity index (χ4n) is 2.68. The van der Waals surface area contributed by atoms with Crippen molar-refractivity contribution < 1.29 is 14.3 Å². The fourth-order valence-corrected chi connectivity index (χ4v) is 2.68. The van der Waals surface area contributed by atoms with Gasteiger partial charge >= 0.3 is 5.97 Å². The molecular weight excluding hydrogens is 256 g/mol. The highest BCUT2D eigenvalue weighted by Crippen LogP contribution is 2.30. The summed E-state index contributed by atoms with van der Waals surface area (Å²) in [4.78, 5) is 16.0. The van der Waals surface area contributed by atoms with E-state index in [1.54, 1.807) is 13.3 Å². The van der Waals surface area contributed by atoms with Crippen molar-refractivity contribution in [3.05, 3.63) is 18.3 Å². The molecule has 2 unspecified atom stereocenters. The van der Waals surface area contributed by atoms with Crippen LogP contribution in [0, 0.1) is 5.92 Å². The maximum atomic E-state index is 11.8. The van der Waals surface area contributed by atoms with E-state index in [2.05, 4.69) is 10.3 Å². The van der Waals surface area contributed by atoms with Gasteiger partial charge in [-0.25, -0.2) is 4.98 Å². The number of rotatable bonds is 5. The molecule has 1 aromatic heterocycles. The minimum absolute atomic E-state index is 0.00358. The Hall–Kier alpha value is -1.78. The molecule has 5 heteroatoms. The van der Waals surface area contributed by atoms with Gasteiger partial charge in [-0.2, -0.15) is 0 Å². The van der Waals surface area contributed by atoms with Gasteiger partial charge in [-0.1, -0.05) is 6.42 Å². The van der Waals surface area contributed by atoms with Crippen LogP contribution in [0.2, 0.25) is 0 Å². The van der Waals surface area contributed by atoms with Crippen molar-refractivity contribution in [1.29, 1.82) is 0 Å². The molecule has 1 aliphatic carbocycles. The summed E-state index contributed by atoms with van der Waals surface area (Å²) in [6, 6.07) is 4.08. The van der Waals surface area contributed by atoms with Gasteiger partial charge in [0.05, 0.1) is 25.3 Å². The molecule has 2 atom stereocenters. The van der Waals surface area contributed by atoms with E-state index in [9.17, 15) is 4.79 Å². The highest BCUT2D eigenvalue weighted by Gasteiger charge is 2.28. The van der Waals surface area contributed by atoms with E-state index in [1.807, 2.05) is 19.1 Å². The summed E-state index contributed by atoms with van der Waals surface area (Å²) in [5, 5.41) is 3.43.